The number of fused-ring (bicyclic) bond motifs is 9. The molecule has 0 aliphatic carbocycles. The summed E-state index contributed by atoms with van der Waals surface area (Å²) in [5.41, 5.74) is 12.8. The van der Waals surface area contributed by atoms with Crippen molar-refractivity contribution in [1.82, 2.24) is 9.13 Å². The number of thiophene rings is 1. The summed E-state index contributed by atoms with van der Waals surface area (Å²) in [5, 5.41) is 7.55. The van der Waals surface area contributed by atoms with Gasteiger partial charge in [-0.3, -0.25) is 0 Å². The number of para-hydroxylation sites is 4. The lowest BCUT2D eigenvalue weighted by atomic mass is 9.98. The number of rotatable bonds is 6. The number of nitrogens with zero attached hydrogens (tertiary/aromatic N) is 3. The molecule has 0 amide bonds. The molecule has 0 spiro atoms. The molecule has 272 valence electrons. The lowest BCUT2D eigenvalue weighted by Crippen LogP contribution is -2.10. The van der Waals surface area contributed by atoms with E-state index in [0.29, 0.717) is 0 Å². The number of aromatic nitrogens is 2. The second-order valence-corrected chi connectivity index (χ2v) is 16.0. The Morgan fingerprint density at radius 2 is 0.931 bits per heavy atom. The first-order chi connectivity index (χ1) is 28.8. The van der Waals surface area contributed by atoms with Crippen LogP contribution in [0, 0.1) is 0 Å². The zero-order chi connectivity index (χ0) is 38.2. The molecule has 0 radical (unpaired) electrons. The van der Waals surface area contributed by atoms with Gasteiger partial charge in [-0.2, -0.15) is 0 Å². The minimum Gasteiger partial charge on any atom is -0.309 e. The van der Waals surface area contributed by atoms with Gasteiger partial charge in [-0.05, 0) is 90.0 Å². The quantitative estimate of drug-likeness (QED) is 0.165. The molecule has 0 bridgehead atoms. The molecular weight excluding hydrogens is 723 g/mol. The topological polar surface area (TPSA) is 13.1 Å². The van der Waals surface area contributed by atoms with E-state index >= 15 is 0 Å². The van der Waals surface area contributed by atoms with Crippen LogP contribution >= 0.6 is 11.3 Å². The standard InChI is InChI=1S/C54H35N3S/c1-3-17-37(18-4-1)56-48-28-11-8-24-46(48)53-41(25-14-29-49(53)56)36-16-13-21-39(34-36)55(50-30-15-26-45-44-23-9-12-31-52(44)58-54(45)50)40-32-33-43-42-22-7-10-27-47(42)57(51(43)35-40)38-19-5-2-6-20-38/h1-35H. The summed E-state index contributed by atoms with van der Waals surface area (Å²) >= 11 is 1.87. The average Bonchev–Trinajstić information content (AvgIpc) is 3.95. The van der Waals surface area contributed by atoms with E-state index in [-0.39, 0.29) is 0 Å². The van der Waals surface area contributed by atoms with Crippen molar-refractivity contribution in [2.45, 2.75) is 0 Å². The molecule has 0 saturated heterocycles. The fourth-order valence-corrected chi connectivity index (χ4v) is 10.4. The summed E-state index contributed by atoms with van der Waals surface area (Å²) in [6.07, 6.45) is 0. The first-order valence-corrected chi connectivity index (χ1v) is 20.6. The highest BCUT2D eigenvalue weighted by atomic mass is 32.1. The van der Waals surface area contributed by atoms with Gasteiger partial charge in [0.2, 0.25) is 0 Å². The smallest absolute Gasteiger partial charge is 0.0640 e. The molecule has 0 unspecified atom stereocenters. The van der Waals surface area contributed by atoms with Crippen LogP contribution in [-0.2, 0) is 0 Å². The minimum atomic E-state index is 1.10. The first kappa shape index (κ1) is 32.8. The third-order valence-corrected chi connectivity index (χ3v) is 12.9. The Bertz CT molecular complexity index is 3520. The van der Waals surface area contributed by atoms with Crippen LogP contribution in [-0.4, -0.2) is 9.13 Å². The van der Waals surface area contributed by atoms with E-state index in [0.717, 1.165) is 28.4 Å². The molecule has 3 nitrogen and oxygen atoms in total. The van der Waals surface area contributed by atoms with Crippen molar-refractivity contribution in [3.63, 3.8) is 0 Å². The van der Waals surface area contributed by atoms with Crippen LogP contribution in [0.25, 0.3) is 86.3 Å². The van der Waals surface area contributed by atoms with Crippen molar-refractivity contribution in [1.29, 1.82) is 0 Å². The maximum atomic E-state index is 2.47. The molecule has 0 aliphatic rings. The van der Waals surface area contributed by atoms with E-state index in [9.17, 15) is 0 Å². The van der Waals surface area contributed by atoms with E-state index in [4.69, 9.17) is 0 Å². The highest BCUT2D eigenvalue weighted by molar-refractivity contribution is 7.26. The Hall–Kier alpha value is -7.40. The zero-order valence-corrected chi connectivity index (χ0v) is 32.3. The van der Waals surface area contributed by atoms with Gasteiger partial charge >= 0.3 is 0 Å². The van der Waals surface area contributed by atoms with Gasteiger partial charge in [0.25, 0.3) is 0 Å². The molecule has 9 aromatic carbocycles. The Morgan fingerprint density at radius 1 is 0.362 bits per heavy atom. The second kappa shape index (κ2) is 13.1. The zero-order valence-electron chi connectivity index (χ0n) is 31.5. The largest absolute Gasteiger partial charge is 0.309 e. The molecule has 3 heterocycles. The second-order valence-electron chi connectivity index (χ2n) is 14.9. The van der Waals surface area contributed by atoms with Crippen molar-refractivity contribution in [3.8, 4) is 22.5 Å². The summed E-state index contributed by atoms with van der Waals surface area (Å²) in [7, 11) is 0. The van der Waals surface area contributed by atoms with Crippen LogP contribution in [0.15, 0.2) is 212 Å². The summed E-state index contributed by atoms with van der Waals surface area (Å²) in [5.74, 6) is 0. The van der Waals surface area contributed by atoms with Gasteiger partial charge in [0.1, 0.15) is 0 Å². The predicted molar refractivity (Wildman–Crippen MR) is 248 cm³/mol. The van der Waals surface area contributed by atoms with Gasteiger partial charge in [0.05, 0.1) is 32.5 Å². The van der Waals surface area contributed by atoms with E-state index in [1.807, 2.05) is 11.3 Å². The van der Waals surface area contributed by atoms with E-state index in [2.05, 4.69) is 226 Å². The van der Waals surface area contributed by atoms with Crippen molar-refractivity contribution in [2.24, 2.45) is 0 Å². The van der Waals surface area contributed by atoms with Gasteiger partial charge in [0.15, 0.2) is 0 Å². The number of hydrogen-bond acceptors (Lipinski definition) is 2. The van der Waals surface area contributed by atoms with Gasteiger partial charge in [-0.1, -0.05) is 133 Å². The van der Waals surface area contributed by atoms with Crippen molar-refractivity contribution in [2.75, 3.05) is 4.90 Å². The molecule has 0 atom stereocenters. The van der Waals surface area contributed by atoms with Crippen LogP contribution in [0.5, 0.6) is 0 Å². The Morgan fingerprint density at radius 3 is 1.72 bits per heavy atom. The fourth-order valence-electron chi connectivity index (χ4n) is 9.22. The third-order valence-electron chi connectivity index (χ3n) is 11.7. The summed E-state index contributed by atoms with van der Waals surface area (Å²) < 4.78 is 7.37. The summed E-state index contributed by atoms with van der Waals surface area (Å²) in [6.45, 7) is 0. The molecule has 3 aromatic heterocycles. The minimum absolute atomic E-state index is 1.10. The molecule has 0 fully saturated rings. The average molecular weight is 758 g/mol. The monoisotopic (exact) mass is 757 g/mol. The highest BCUT2D eigenvalue weighted by Crippen LogP contribution is 2.47. The molecule has 0 saturated carbocycles. The lowest BCUT2D eigenvalue weighted by molar-refractivity contribution is 1.18. The Labute approximate surface area is 339 Å². The molecule has 4 heteroatoms. The number of anilines is 3. The molecule has 0 N–H and O–H groups in total. The van der Waals surface area contributed by atoms with Gasteiger partial charge < -0.3 is 14.0 Å². The lowest BCUT2D eigenvalue weighted by Gasteiger charge is -2.27. The Balaban J connectivity index is 1.12. The van der Waals surface area contributed by atoms with Crippen LogP contribution < -0.4 is 4.90 Å². The third kappa shape index (κ3) is 4.99. The number of hydrogen-bond donors (Lipinski definition) is 0. The Kier molecular flexibility index (Phi) is 7.40. The SMILES string of the molecule is c1ccc(-n2c3ccccc3c3ccc(N(c4cccc(-c5cccc6c5c5ccccc5n6-c5ccccc5)c4)c4cccc5c4sc4ccccc45)cc32)cc1. The normalized spacial score (nSPS) is 11.8. The predicted octanol–water partition coefficient (Wildman–Crippen LogP) is 15.4. The van der Waals surface area contributed by atoms with Crippen molar-refractivity contribution < 1.29 is 0 Å². The van der Waals surface area contributed by atoms with Gasteiger partial charge in [0, 0.05) is 59.8 Å². The maximum Gasteiger partial charge on any atom is 0.0640 e. The highest BCUT2D eigenvalue weighted by Gasteiger charge is 2.22. The van der Waals surface area contributed by atoms with Crippen molar-refractivity contribution >= 4 is 92.2 Å². The van der Waals surface area contributed by atoms with Crippen LogP contribution in [0.2, 0.25) is 0 Å². The summed E-state index contributed by atoms with van der Waals surface area (Å²) in [6, 6.07) is 77.4. The first-order valence-electron chi connectivity index (χ1n) is 19.8. The van der Waals surface area contributed by atoms with Gasteiger partial charge in [-0.25, -0.2) is 0 Å². The maximum absolute atomic E-state index is 2.47. The van der Waals surface area contributed by atoms with E-state index in [1.54, 1.807) is 0 Å². The van der Waals surface area contributed by atoms with Crippen LogP contribution in [0.4, 0.5) is 17.1 Å². The molecular formula is C54H35N3S. The van der Waals surface area contributed by atoms with E-state index < -0.39 is 0 Å². The van der Waals surface area contributed by atoms with Gasteiger partial charge in [-0.15, -0.1) is 11.3 Å². The van der Waals surface area contributed by atoms with E-state index in [1.165, 1.54) is 74.9 Å². The summed E-state index contributed by atoms with van der Waals surface area (Å²) in [4.78, 5) is 2.47. The molecule has 12 rings (SSSR count). The molecule has 58 heavy (non-hydrogen) atoms. The number of benzene rings is 9. The fraction of sp³-hybridized carbons (Fsp3) is 0. The molecule has 12 aromatic rings. The molecule has 0 aliphatic heterocycles. The van der Waals surface area contributed by atoms with Crippen molar-refractivity contribution in [3.05, 3.63) is 212 Å². The van der Waals surface area contributed by atoms with Crippen LogP contribution in [0.1, 0.15) is 0 Å². The van der Waals surface area contributed by atoms with Crippen LogP contribution in [0.3, 0.4) is 0 Å².